The minimum atomic E-state index is -0.795. The maximum Gasteiger partial charge on any atom is 0.335 e. The van der Waals surface area contributed by atoms with Crippen LogP contribution in [0.1, 0.15) is 12.5 Å². The number of anilines is 1. The summed E-state index contributed by atoms with van der Waals surface area (Å²) in [5.41, 5.74) is 0.729. The Balaban J connectivity index is 2.02. The number of nitrogens with zero attached hydrogens (tertiary/aromatic N) is 1. The predicted octanol–water partition coefficient (Wildman–Crippen LogP) is 3.37. The highest BCUT2D eigenvalue weighted by molar-refractivity contribution is 14.1. The third-order valence-electron chi connectivity index (χ3n) is 4.06. The highest BCUT2D eigenvalue weighted by Crippen LogP contribution is 2.35. The summed E-state index contributed by atoms with van der Waals surface area (Å²) in [7, 11) is 0. The van der Waals surface area contributed by atoms with E-state index in [1.807, 2.05) is 6.92 Å². The molecule has 1 aliphatic heterocycles. The largest absolute Gasteiger partial charge is 0.490 e. The molecule has 0 aromatic heterocycles. The van der Waals surface area contributed by atoms with Crippen molar-refractivity contribution in [2.45, 2.75) is 6.92 Å². The van der Waals surface area contributed by atoms with E-state index < -0.39 is 17.8 Å². The molecule has 1 saturated heterocycles. The Morgan fingerprint density at radius 1 is 1.17 bits per heavy atom. The van der Waals surface area contributed by atoms with Gasteiger partial charge in [-0.3, -0.25) is 14.9 Å². The molecule has 7 nitrogen and oxygen atoms in total. The fraction of sp³-hybridized carbons (Fsp3) is 0.136. The van der Waals surface area contributed by atoms with Crippen molar-refractivity contribution in [1.82, 2.24) is 5.32 Å². The summed E-state index contributed by atoms with van der Waals surface area (Å²) in [6.07, 6.45) is 6.68. The number of halogens is 1. The molecule has 3 rings (SSSR count). The number of carbonyl (C=O) groups is 3. The molecule has 1 N–H and O–H groups in total. The van der Waals surface area contributed by atoms with E-state index in [0.717, 1.165) is 4.90 Å². The predicted molar refractivity (Wildman–Crippen MR) is 120 cm³/mol. The van der Waals surface area contributed by atoms with Gasteiger partial charge in [-0.15, -0.1) is 6.42 Å². The van der Waals surface area contributed by atoms with Gasteiger partial charge in [-0.25, -0.2) is 9.69 Å². The number of ether oxygens (including phenoxy) is 2. The van der Waals surface area contributed by atoms with Crippen LogP contribution < -0.4 is 19.7 Å². The molecule has 0 aliphatic carbocycles. The number of rotatable bonds is 6. The Morgan fingerprint density at radius 2 is 1.90 bits per heavy atom. The second kappa shape index (κ2) is 9.45. The standard InChI is InChI=1S/C22H17IN2O5/c1-3-10-30-19-17(23)12-14(13-18(19)29-4-2)11-16-20(26)24-22(28)25(21(16)27)15-8-6-5-7-9-15/h1,5-9,11-13H,4,10H2,2H3,(H,24,26,28)/b16-11+. The first-order valence-electron chi connectivity index (χ1n) is 8.95. The number of amides is 4. The highest BCUT2D eigenvalue weighted by atomic mass is 127. The topological polar surface area (TPSA) is 84.9 Å². The molecular weight excluding hydrogens is 499 g/mol. The summed E-state index contributed by atoms with van der Waals surface area (Å²) in [5.74, 6) is 1.84. The smallest absolute Gasteiger partial charge is 0.335 e. The maximum atomic E-state index is 13.0. The van der Waals surface area contributed by atoms with Crippen LogP contribution >= 0.6 is 22.6 Å². The minimum absolute atomic E-state index is 0.0750. The van der Waals surface area contributed by atoms with E-state index in [1.165, 1.54) is 6.08 Å². The van der Waals surface area contributed by atoms with Crippen molar-refractivity contribution in [2.75, 3.05) is 18.1 Å². The quantitative estimate of drug-likeness (QED) is 0.276. The number of imide groups is 2. The van der Waals surface area contributed by atoms with Gasteiger partial charge in [-0.2, -0.15) is 0 Å². The van der Waals surface area contributed by atoms with Gasteiger partial charge < -0.3 is 9.47 Å². The summed E-state index contributed by atoms with van der Waals surface area (Å²) in [6, 6.07) is 11.0. The first-order chi connectivity index (χ1) is 14.5. The molecule has 4 amide bonds. The zero-order valence-electron chi connectivity index (χ0n) is 16.0. The van der Waals surface area contributed by atoms with Crippen LogP contribution in [0.4, 0.5) is 10.5 Å². The maximum absolute atomic E-state index is 13.0. The van der Waals surface area contributed by atoms with E-state index in [0.29, 0.717) is 32.9 Å². The van der Waals surface area contributed by atoms with E-state index in [1.54, 1.807) is 42.5 Å². The third kappa shape index (κ3) is 4.46. The van der Waals surface area contributed by atoms with Crippen LogP contribution in [-0.4, -0.2) is 31.1 Å². The summed E-state index contributed by atoms with van der Waals surface area (Å²) in [4.78, 5) is 38.5. The summed E-state index contributed by atoms with van der Waals surface area (Å²) in [5, 5.41) is 2.20. The lowest BCUT2D eigenvalue weighted by atomic mass is 10.1. The number of hydrogen-bond donors (Lipinski definition) is 1. The lowest BCUT2D eigenvalue weighted by Gasteiger charge is -2.26. The first kappa shape index (κ1) is 21.4. The van der Waals surface area contributed by atoms with E-state index in [4.69, 9.17) is 15.9 Å². The summed E-state index contributed by atoms with van der Waals surface area (Å²) >= 11 is 2.06. The Kier molecular flexibility index (Phi) is 6.74. The number of para-hydroxylation sites is 1. The molecule has 0 unspecified atom stereocenters. The monoisotopic (exact) mass is 516 g/mol. The lowest BCUT2D eigenvalue weighted by Crippen LogP contribution is -2.54. The molecule has 0 spiro atoms. The Labute approximate surface area is 187 Å². The molecule has 2 aromatic rings. The SMILES string of the molecule is C#CCOc1c(I)cc(/C=C2\C(=O)NC(=O)N(c3ccccc3)C2=O)cc1OCC. The average Bonchev–Trinajstić information content (AvgIpc) is 2.71. The first-order valence-corrected chi connectivity index (χ1v) is 10.0. The fourth-order valence-electron chi connectivity index (χ4n) is 2.82. The molecule has 2 aromatic carbocycles. The van der Waals surface area contributed by atoms with Gasteiger partial charge >= 0.3 is 6.03 Å². The zero-order valence-corrected chi connectivity index (χ0v) is 18.1. The van der Waals surface area contributed by atoms with Crippen molar-refractivity contribution >= 4 is 52.2 Å². The summed E-state index contributed by atoms with van der Waals surface area (Å²) < 4.78 is 11.9. The van der Waals surface area contributed by atoms with Crippen LogP contribution in [0.25, 0.3) is 6.08 Å². The number of hydrogen-bond acceptors (Lipinski definition) is 5. The molecule has 0 saturated carbocycles. The average molecular weight is 516 g/mol. The molecule has 0 atom stereocenters. The highest BCUT2D eigenvalue weighted by Gasteiger charge is 2.36. The number of terminal acetylenes is 1. The van der Waals surface area contributed by atoms with Crippen LogP contribution in [0, 0.1) is 15.9 Å². The number of nitrogens with one attached hydrogen (secondary N) is 1. The van der Waals surface area contributed by atoms with Crippen molar-refractivity contribution in [3.63, 3.8) is 0 Å². The van der Waals surface area contributed by atoms with E-state index in [2.05, 4.69) is 33.8 Å². The third-order valence-corrected chi connectivity index (χ3v) is 4.86. The van der Waals surface area contributed by atoms with Gasteiger partial charge in [0.1, 0.15) is 12.2 Å². The molecule has 1 aliphatic rings. The van der Waals surface area contributed by atoms with Gasteiger partial charge in [0.15, 0.2) is 11.5 Å². The molecule has 152 valence electrons. The van der Waals surface area contributed by atoms with Gasteiger partial charge in [0.25, 0.3) is 11.8 Å². The Hall–Kier alpha value is -3.32. The lowest BCUT2D eigenvalue weighted by molar-refractivity contribution is -0.122. The van der Waals surface area contributed by atoms with Gasteiger partial charge in [0.2, 0.25) is 0 Å². The molecule has 0 radical (unpaired) electrons. The molecule has 8 heteroatoms. The van der Waals surface area contributed by atoms with E-state index >= 15 is 0 Å². The fourth-order valence-corrected chi connectivity index (χ4v) is 3.60. The van der Waals surface area contributed by atoms with Crippen molar-refractivity contribution < 1.29 is 23.9 Å². The van der Waals surface area contributed by atoms with Crippen LogP contribution in [0.3, 0.4) is 0 Å². The Morgan fingerprint density at radius 3 is 2.57 bits per heavy atom. The molecule has 0 bridgehead atoms. The molecule has 1 fully saturated rings. The van der Waals surface area contributed by atoms with Gasteiger partial charge in [0.05, 0.1) is 15.9 Å². The van der Waals surface area contributed by atoms with Gasteiger partial charge in [0, 0.05) is 0 Å². The van der Waals surface area contributed by atoms with Crippen LogP contribution in [-0.2, 0) is 9.59 Å². The van der Waals surface area contributed by atoms with Gasteiger partial charge in [-0.1, -0.05) is 24.1 Å². The molecule has 1 heterocycles. The normalized spacial score (nSPS) is 15.0. The molecule has 30 heavy (non-hydrogen) atoms. The van der Waals surface area contributed by atoms with Crippen molar-refractivity contribution in [1.29, 1.82) is 0 Å². The van der Waals surface area contributed by atoms with Crippen LogP contribution in [0.2, 0.25) is 0 Å². The van der Waals surface area contributed by atoms with Crippen molar-refractivity contribution in [3.8, 4) is 23.8 Å². The minimum Gasteiger partial charge on any atom is -0.490 e. The number of barbiturate groups is 1. The van der Waals surface area contributed by atoms with Crippen LogP contribution in [0.5, 0.6) is 11.5 Å². The van der Waals surface area contributed by atoms with Crippen molar-refractivity contribution in [2.24, 2.45) is 0 Å². The zero-order chi connectivity index (χ0) is 21.7. The van der Waals surface area contributed by atoms with E-state index in [9.17, 15) is 14.4 Å². The van der Waals surface area contributed by atoms with Crippen LogP contribution in [0.15, 0.2) is 48.0 Å². The van der Waals surface area contributed by atoms with Crippen molar-refractivity contribution in [3.05, 3.63) is 57.2 Å². The number of carbonyl (C=O) groups excluding carboxylic acids is 3. The molecular formula is C22H17IN2O5. The summed E-state index contributed by atoms with van der Waals surface area (Å²) in [6.45, 7) is 2.29. The van der Waals surface area contributed by atoms with Gasteiger partial charge in [-0.05, 0) is 65.4 Å². The second-order valence-corrected chi connectivity index (χ2v) is 7.21. The van der Waals surface area contributed by atoms with E-state index in [-0.39, 0.29) is 12.2 Å². The Bertz CT molecular complexity index is 1070. The second-order valence-electron chi connectivity index (χ2n) is 6.05. The number of urea groups is 1. The number of benzene rings is 2.